The van der Waals surface area contributed by atoms with Gasteiger partial charge in [0.1, 0.15) is 5.82 Å². The molecule has 0 radical (unpaired) electrons. The standard InChI is InChI=1S/C21H22FNO5S/c1-12(24)28-21(20(26)27)10-14-11-23(9-8-17(14)29-21)18(19(25)13-6-7-13)15-4-2-3-5-16(15)22/h2-5,13,18H,6-11H2,1H3,(H,26,27). The minimum absolute atomic E-state index is 0.0225. The van der Waals surface area contributed by atoms with Crippen molar-refractivity contribution >= 4 is 29.5 Å². The summed E-state index contributed by atoms with van der Waals surface area (Å²) in [5.41, 5.74) is 1.21. The van der Waals surface area contributed by atoms with E-state index in [-0.39, 0.29) is 18.1 Å². The van der Waals surface area contributed by atoms with Crippen LogP contribution in [0.1, 0.15) is 44.2 Å². The summed E-state index contributed by atoms with van der Waals surface area (Å²) in [6.07, 6.45) is 2.27. The average Bonchev–Trinajstić information content (AvgIpc) is 3.44. The number of esters is 1. The van der Waals surface area contributed by atoms with Crippen LogP contribution < -0.4 is 0 Å². The van der Waals surface area contributed by atoms with Crippen LogP contribution in [0.15, 0.2) is 34.7 Å². The topological polar surface area (TPSA) is 83.9 Å². The number of ketones is 1. The van der Waals surface area contributed by atoms with Gasteiger partial charge in [-0.05, 0) is 35.8 Å². The monoisotopic (exact) mass is 419 g/mol. The van der Waals surface area contributed by atoms with Gasteiger partial charge >= 0.3 is 11.9 Å². The predicted molar refractivity (Wildman–Crippen MR) is 104 cm³/mol. The Morgan fingerprint density at radius 1 is 1.31 bits per heavy atom. The van der Waals surface area contributed by atoms with Crippen molar-refractivity contribution in [3.63, 3.8) is 0 Å². The Morgan fingerprint density at radius 3 is 2.66 bits per heavy atom. The van der Waals surface area contributed by atoms with Crippen LogP contribution in [-0.4, -0.2) is 45.8 Å². The summed E-state index contributed by atoms with van der Waals surface area (Å²) < 4.78 is 19.7. The van der Waals surface area contributed by atoms with Crippen LogP contribution in [-0.2, 0) is 19.1 Å². The molecule has 8 heteroatoms. The lowest BCUT2D eigenvalue weighted by atomic mass is 9.94. The van der Waals surface area contributed by atoms with Gasteiger partial charge in [0, 0.05) is 37.9 Å². The number of carboxylic acid groups (broad SMARTS) is 1. The first-order valence-corrected chi connectivity index (χ1v) is 10.5. The van der Waals surface area contributed by atoms with E-state index in [0.29, 0.717) is 25.1 Å². The summed E-state index contributed by atoms with van der Waals surface area (Å²) in [6, 6.07) is 5.65. The minimum atomic E-state index is -1.65. The van der Waals surface area contributed by atoms with E-state index in [2.05, 4.69) is 0 Å². The van der Waals surface area contributed by atoms with E-state index in [4.69, 9.17) is 4.74 Å². The zero-order chi connectivity index (χ0) is 20.8. The summed E-state index contributed by atoms with van der Waals surface area (Å²) in [4.78, 5) is 37.5. The second-order valence-electron chi connectivity index (χ2n) is 7.78. The number of benzene rings is 1. The molecule has 2 unspecified atom stereocenters. The number of aliphatic carboxylic acids is 1. The molecule has 2 heterocycles. The van der Waals surface area contributed by atoms with Crippen molar-refractivity contribution in [2.75, 3.05) is 13.1 Å². The lowest BCUT2D eigenvalue weighted by molar-refractivity contribution is -0.165. The average molecular weight is 419 g/mol. The number of halogens is 1. The van der Waals surface area contributed by atoms with Gasteiger partial charge in [-0.2, -0.15) is 0 Å². The van der Waals surface area contributed by atoms with Crippen LogP contribution >= 0.6 is 11.8 Å². The van der Waals surface area contributed by atoms with Gasteiger partial charge in [0.25, 0.3) is 4.93 Å². The zero-order valence-corrected chi connectivity index (χ0v) is 16.8. The number of rotatable bonds is 6. The molecule has 2 aliphatic heterocycles. The van der Waals surface area contributed by atoms with E-state index >= 15 is 0 Å². The molecule has 1 fully saturated rings. The first-order chi connectivity index (χ1) is 13.8. The third-order valence-corrected chi connectivity index (χ3v) is 7.07. The molecule has 1 N–H and O–H groups in total. The molecule has 4 rings (SSSR count). The number of ether oxygens (including phenoxy) is 1. The van der Waals surface area contributed by atoms with Crippen LogP contribution in [0.3, 0.4) is 0 Å². The smallest absolute Gasteiger partial charge is 0.359 e. The maximum Gasteiger partial charge on any atom is 0.359 e. The van der Waals surface area contributed by atoms with E-state index in [1.165, 1.54) is 13.0 Å². The molecule has 1 saturated carbocycles. The number of thioether (sulfide) groups is 1. The molecule has 3 aliphatic rings. The van der Waals surface area contributed by atoms with Crippen LogP contribution in [0.2, 0.25) is 0 Å². The predicted octanol–water partition coefficient (Wildman–Crippen LogP) is 3.29. The fourth-order valence-electron chi connectivity index (χ4n) is 4.12. The number of carboxylic acids is 1. The van der Waals surface area contributed by atoms with Gasteiger partial charge < -0.3 is 9.84 Å². The number of carbonyl (C=O) groups is 3. The largest absolute Gasteiger partial charge is 0.478 e. The number of hydrogen-bond donors (Lipinski definition) is 1. The highest BCUT2D eigenvalue weighted by molar-refractivity contribution is 8.05. The molecule has 0 amide bonds. The first-order valence-electron chi connectivity index (χ1n) is 9.66. The summed E-state index contributed by atoms with van der Waals surface area (Å²) in [5, 5.41) is 9.68. The molecule has 0 saturated heterocycles. The Labute approximate surface area is 172 Å². The Kier molecular flexibility index (Phi) is 5.25. The number of hydrogen-bond acceptors (Lipinski definition) is 6. The van der Waals surface area contributed by atoms with Gasteiger partial charge in [-0.1, -0.05) is 30.0 Å². The van der Waals surface area contributed by atoms with Crippen molar-refractivity contribution in [1.82, 2.24) is 4.90 Å². The van der Waals surface area contributed by atoms with E-state index < -0.39 is 28.7 Å². The maximum atomic E-state index is 14.5. The number of nitrogens with zero attached hydrogens (tertiary/aromatic N) is 1. The second kappa shape index (κ2) is 7.57. The Hall–Kier alpha value is -2.19. The molecule has 2 atom stereocenters. The summed E-state index contributed by atoms with van der Waals surface area (Å²) in [7, 11) is 0. The van der Waals surface area contributed by atoms with Crippen molar-refractivity contribution < 1.29 is 28.6 Å². The molecule has 0 spiro atoms. The Morgan fingerprint density at radius 2 is 2.03 bits per heavy atom. The normalized spacial score (nSPS) is 25.4. The summed E-state index contributed by atoms with van der Waals surface area (Å²) >= 11 is 1.07. The maximum absolute atomic E-state index is 14.5. The zero-order valence-electron chi connectivity index (χ0n) is 16.0. The molecular weight excluding hydrogens is 397 g/mol. The molecule has 6 nitrogen and oxygen atoms in total. The molecule has 29 heavy (non-hydrogen) atoms. The molecule has 1 aromatic carbocycles. The highest BCUT2D eigenvalue weighted by atomic mass is 32.2. The summed E-state index contributed by atoms with van der Waals surface area (Å²) in [6.45, 7) is 2.06. The quantitative estimate of drug-likeness (QED) is 0.709. The molecule has 1 aromatic rings. The van der Waals surface area contributed by atoms with Crippen LogP contribution in [0.5, 0.6) is 0 Å². The van der Waals surface area contributed by atoms with E-state index in [1.54, 1.807) is 18.2 Å². The van der Waals surface area contributed by atoms with E-state index in [1.807, 2.05) is 4.90 Å². The number of carbonyl (C=O) groups excluding carboxylic acids is 2. The molecular formula is C21H22FNO5S. The van der Waals surface area contributed by atoms with Crippen molar-refractivity contribution in [2.45, 2.75) is 43.6 Å². The minimum Gasteiger partial charge on any atom is -0.478 e. The van der Waals surface area contributed by atoms with Crippen molar-refractivity contribution in [1.29, 1.82) is 0 Å². The van der Waals surface area contributed by atoms with Crippen molar-refractivity contribution in [2.24, 2.45) is 5.92 Å². The third-order valence-electron chi connectivity index (χ3n) is 5.60. The number of Topliss-reactive ketones (excluding diaryl/α,β-unsaturated/α-hetero) is 1. The fraction of sp³-hybridized carbons (Fsp3) is 0.476. The highest BCUT2D eigenvalue weighted by Gasteiger charge is 2.51. The van der Waals surface area contributed by atoms with Crippen LogP contribution in [0, 0.1) is 11.7 Å². The fourth-order valence-corrected chi connectivity index (χ4v) is 5.48. The molecule has 154 valence electrons. The Bertz CT molecular complexity index is 912. The molecule has 0 aromatic heterocycles. The lowest BCUT2D eigenvalue weighted by Gasteiger charge is -2.34. The van der Waals surface area contributed by atoms with Gasteiger partial charge in [-0.3, -0.25) is 14.5 Å². The molecule has 1 aliphatic carbocycles. The van der Waals surface area contributed by atoms with E-state index in [0.717, 1.165) is 35.1 Å². The SMILES string of the molecule is CC(=O)OC1(C(=O)O)CC2=C(CCN(C(C(=O)C3CC3)c3ccccc3F)C2)S1. The van der Waals surface area contributed by atoms with Crippen molar-refractivity contribution in [3.8, 4) is 0 Å². The third kappa shape index (κ3) is 3.83. The lowest BCUT2D eigenvalue weighted by Crippen LogP contribution is -2.40. The van der Waals surface area contributed by atoms with Crippen LogP contribution in [0.4, 0.5) is 4.39 Å². The van der Waals surface area contributed by atoms with Crippen LogP contribution in [0.25, 0.3) is 0 Å². The van der Waals surface area contributed by atoms with Gasteiger partial charge in [0.15, 0.2) is 5.78 Å². The van der Waals surface area contributed by atoms with Gasteiger partial charge in [0.05, 0.1) is 6.04 Å². The van der Waals surface area contributed by atoms with E-state index in [9.17, 15) is 23.9 Å². The highest BCUT2D eigenvalue weighted by Crippen LogP contribution is 2.51. The summed E-state index contributed by atoms with van der Waals surface area (Å²) in [5.74, 6) is -2.27. The molecule has 0 bridgehead atoms. The Balaban J connectivity index is 1.60. The van der Waals surface area contributed by atoms with Gasteiger partial charge in [-0.15, -0.1) is 0 Å². The first kappa shape index (κ1) is 20.1. The van der Waals surface area contributed by atoms with Crippen molar-refractivity contribution in [3.05, 3.63) is 46.1 Å². The second-order valence-corrected chi connectivity index (χ2v) is 9.13. The van der Waals surface area contributed by atoms with Gasteiger partial charge in [0.2, 0.25) is 0 Å². The van der Waals surface area contributed by atoms with Gasteiger partial charge in [-0.25, -0.2) is 9.18 Å².